The van der Waals surface area contributed by atoms with Crippen molar-refractivity contribution in [3.8, 4) is 0 Å². The van der Waals surface area contributed by atoms with Crippen molar-refractivity contribution in [2.45, 2.75) is 110 Å². The zero-order chi connectivity index (χ0) is 21.8. The lowest BCUT2D eigenvalue weighted by atomic mass is 9.70. The quantitative estimate of drug-likeness (QED) is 0.422. The number of unbranched alkanes of at least 4 members (excludes halogenated alkanes) is 1. The van der Waals surface area contributed by atoms with Crippen molar-refractivity contribution in [3.63, 3.8) is 0 Å². The Morgan fingerprint density at radius 2 is 2.07 bits per heavy atom. The minimum atomic E-state index is -1.19. The lowest BCUT2D eigenvalue weighted by Crippen LogP contribution is -2.50. The Hall–Kier alpha value is -1.11. The van der Waals surface area contributed by atoms with Crippen molar-refractivity contribution in [1.82, 2.24) is 0 Å². The highest BCUT2D eigenvalue weighted by atomic mass is 16.7. The Labute approximate surface area is 181 Å². The van der Waals surface area contributed by atoms with Crippen LogP contribution >= 0.6 is 0 Å². The van der Waals surface area contributed by atoms with Gasteiger partial charge in [0.2, 0.25) is 0 Å². The summed E-state index contributed by atoms with van der Waals surface area (Å²) in [6.07, 6.45) is 10.5. The molecule has 2 heterocycles. The number of aliphatic hydroxyl groups excluding tert-OH is 1. The molecule has 30 heavy (non-hydrogen) atoms. The standard InChI is InChI=1S/C24H40O6/c1-5-6-12-22(2,3)15-11-18(29-20-10-7-8-16-28-20)23-13-9-14-24(23,21(26)27-4)30-19(25)17-23/h11,19-20,25H,5-10,12-17H2,1-4H3. The topological polar surface area (TPSA) is 74.2 Å². The summed E-state index contributed by atoms with van der Waals surface area (Å²) in [5.41, 5.74) is -1.77. The maximum atomic E-state index is 12.9. The molecular formula is C24H40O6. The summed E-state index contributed by atoms with van der Waals surface area (Å²) in [5, 5.41) is 10.5. The molecule has 2 aliphatic heterocycles. The van der Waals surface area contributed by atoms with Gasteiger partial charge in [-0.05, 0) is 56.4 Å². The number of fused-ring (bicyclic) bond motifs is 1. The number of carbonyl (C=O) groups excluding carboxylic acids is 1. The van der Waals surface area contributed by atoms with Gasteiger partial charge in [0.1, 0.15) is 5.76 Å². The third kappa shape index (κ3) is 4.56. The third-order valence-corrected chi connectivity index (χ3v) is 7.20. The van der Waals surface area contributed by atoms with Crippen LogP contribution in [0.15, 0.2) is 11.8 Å². The zero-order valence-electron chi connectivity index (χ0n) is 19.2. The highest BCUT2D eigenvalue weighted by Gasteiger charge is 2.69. The lowest BCUT2D eigenvalue weighted by molar-refractivity contribution is -0.196. The number of ether oxygens (including phenoxy) is 4. The second-order valence-electron chi connectivity index (χ2n) is 9.99. The van der Waals surface area contributed by atoms with Crippen molar-refractivity contribution in [2.24, 2.45) is 10.8 Å². The predicted molar refractivity (Wildman–Crippen MR) is 113 cm³/mol. The van der Waals surface area contributed by atoms with Crippen LogP contribution in [-0.4, -0.2) is 43.0 Å². The van der Waals surface area contributed by atoms with Gasteiger partial charge in [-0.2, -0.15) is 0 Å². The molecule has 3 rings (SSSR count). The van der Waals surface area contributed by atoms with Crippen molar-refractivity contribution in [3.05, 3.63) is 11.8 Å². The van der Waals surface area contributed by atoms with Gasteiger partial charge in [-0.1, -0.05) is 33.6 Å². The average Bonchev–Trinajstić information content (AvgIpc) is 3.22. The van der Waals surface area contributed by atoms with Crippen LogP contribution in [0.3, 0.4) is 0 Å². The molecule has 3 aliphatic rings. The SMILES string of the molecule is CCCCC(C)(C)CC=C(OC1CCCCO1)C12CCCC1(C(=O)OC)OC(O)C2. The number of rotatable bonds is 9. The van der Waals surface area contributed by atoms with Crippen LogP contribution in [0.25, 0.3) is 0 Å². The summed E-state index contributed by atoms with van der Waals surface area (Å²) in [5.74, 6) is 0.333. The fourth-order valence-electron chi connectivity index (χ4n) is 5.45. The van der Waals surface area contributed by atoms with Crippen LogP contribution in [0.4, 0.5) is 0 Å². The van der Waals surface area contributed by atoms with E-state index in [2.05, 4.69) is 26.8 Å². The van der Waals surface area contributed by atoms with Gasteiger partial charge in [-0.3, -0.25) is 0 Å². The number of hydrogen-bond acceptors (Lipinski definition) is 6. The Balaban J connectivity index is 1.95. The summed E-state index contributed by atoms with van der Waals surface area (Å²) in [6, 6.07) is 0. The predicted octanol–water partition coefficient (Wildman–Crippen LogP) is 4.84. The molecule has 0 aromatic carbocycles. The highest BCUT2D eigenvalue weighted by Crippen LogP contribution is 2.62. The molecule has 6 nitrogen and oxygen atoms in total. The Kier molecular flexibility index (Phi) is 7.52. The second-order valence-corrected chi connectivity index (χ2v) is 9.99. The van der Waals surface area contributed by atoms with Crippen LogP contribution < -0.4 is 0 Å². The number of esters is 1. The van der Waals surface area contributed by atoms with Crippen molar-refractivity contribution in [1.29, 1.82) is 0 Å². The molecule has 0 amide bonds. The first kappa shape index (κ1) is 23.6. The van der Waals surface area contributed by atoms with Crippen molar-refractivity contribution in [2.75, 3.05) is 13.7 Å². The number of allylic oxidation sites excluding steroid dienone is 1. The van der Waals surface area contributed by atoms with Gasteiger partial charge >= 0.3 is 5.97 Å². The van der Waals surface area contributed by atoms with E-state index in [1.54, 1.807) is 0 Å². The maximum Gasteiger partial charge on any atom is 0.339 e. The minimum Gasteiger partial charge on any atom is -0.469 e. The van der Waals surface area contributed by atoms with E-state index in [-0.39, 0.29) is 11.7 Å². The molecule has 1 N–H and O–H groups in total. The van der Waals surface area contributed by atoms with E-state index in [4.69, 9.17) is 18.9 Å². The van der Waals surface area contributed by atoms with Crippen LogP contribution in [0.1, 0.15) is 91.4 Å². The fraction of sp³-hybridized carbons (Fsp3) is 0.875. The van der Waals surface area contributed by atoms with Crippen LogP contribution in [0.2, 0.25) is 0 Å². The van der Waals surface area contributed by atoms with E-state index < -0.39 is 23.3 Å². The number of hydrogen-bond donors (Lipinski definition) is 1. The zero-order valence-corrected chi connectivity index (χ0v) is 19.2. The van der Waals surface area contributed by atoms with Gasteiger partial charge in [0.05, 0.1) is 19.1 Å². The molecule has 4 unspecified atom stereocenters. The largest absolute Gasteiger partial charge is 0.469 e. The van der Waals surface area contributed by atoms with Gasteiger partial charge in [-0.15, -0.1) is 0 Å². The first-order valence-corrected chi connectivity index (χ1v) is 11.7. The highest BCUT2D eigenvalue weighted by molar-refractivity contribution is 5.82. The van der Waals surface area contributed by atoms with E-state index in [1.807, 2.05) is 0 Å². The molecule has 3 fully saturated rings. The first-order valence-electron chi connectivity index (χ1n) is 11.7. The number of carbonyl (C=O) groups is 1. The van der Waals surface area contributed by atoms with Gasteiger partial charge in [0, 0.05) is 12.8 Å². The molecule has 0 aromatic heterocycles. The molecule has 0 spiro atoms. The van der Waals surface area contributed by atoms with E-state index in [9.17, 15) is 9.90 Å². The average molecular weight is 425 g/mol. The molecule has 1 saturated carbocycles. The molecule has 2 saturated heterocycles. The Bertz CT molecular complexity index is 623. The molecule has 172 valence electrons. The third-order valence-electron chi connectivity index (χ3n) is 7.20. The maximum absolute atomic E-state index is 12.9. The summed E-state index contributed by atoms with van der Waals surface area (Å²) in [7, 11) is 1.39. The number of aliphatic hydroxyl groups is 1. The molecule has 4 atom stereocenters. The molecule has 1 aliphatic carbocycles. The normalized spacial score (nSPS) is 34.6. The summed E-state index contributed by atoms with van der Waals surface area (Å²) < 4.78 is 23.4. The molecule has 6 heteroatoms. The van der Waals surface area contributed by atoms with Crippen LogP contribution in [0, 0.1) is 10.8 Å². The van der Waals surface area contributed by atoms with Crippen molar-refractivity contribution >= 4 is 5.97 Å². The van der Waals surface area contributed by atoms with E-state index >= 15 is 0 Å². The minimum absolute atomic E-state index is 0.124. The van der Waals surface area contributed by atoms with Gasteiger partial charge in [0.15, 0.2) is 18.2 Å². The van der Waals surface area contributed by atoms with E-state index in [1.165, 1.54) is 20.0 Å². The first-order chi connectivity index (χ1) is 14.3. The van der Waals surface area contributed by atoms with E-state index in [0.29, 0.717) is 19.4 Å². The summed E-state index contributed by atoms with van der Waals surface area (Å²) in [6.45, 7) is 7.44. The summed E-state index contributed by atoms with van der Waals surface area (Å²) >= 11 is 0. The Morgan fingerprint density at radius 3 is 2.73 bits per heavy atom. The molecular weight excluding hydrogens is 384 g/mol. The molecule has 0 radical (unpaired) electrons. The van der Waals surface area contributed by atoms with Crippen LogP contribution in [0.5, 0.6) is 0 Å². The van der Waals surface area contributed by atoms with Gasteiger partial charge in [0.25, 0.3) is 0 Å². The van der Waals surface area contributed by atoms with E-state index in [0.717, 1.165) is 50.7 Å². The number of methoxy groups -OCH3 is 1. The molecule has 0 aromatic rings. The Morgan fingerprint density at radius 1 is 1.27 bits per heavy atom. The smallest absolute Gasteiger partial charge is 0.339 e. The second kappa shape index (κ2) is 9.58. The lowest BCUT2D eigenvalue weighted by Gasteiger charge is -2.40. The van der Waals surface area contributed by atoms with Crippen LogP contribution in [-0.2, 0) is 23.7 Å². The van der Waals surface area contributed by atoms with Gasteiger partial charge < -0.3 is 24.1 Å². The van der Waals surface area contributed by atoms with Crippen molar-refractivity contribution < 1.29 is 28.8 Å². The molecule has 0 bridgehead atoms. The summed E-state index contributed by atoms with van der Waals surface area (Å²) in [4.78, 5) is 12.9. The van der Waals surface area contributed by atoms with Gasteiger partial charge in [-0.25, -0.2) is 4.79 Å². The monoisotopic (exact) mass is 424 g/mol. The fourth-order valence-corrected chi connectivity index (χ4v) is 5.45.